The van der Waals surface area contributed by atoms with Gasteiger partial charge in [-0.25, -0.2) is 12.7 Å². The number of nitrogens with zero attached hydrogens (tertiary/aromatic N) is 2. The van der Waals surface area contributed by atoms with E-state index in [4.69, 9.17) is 4.74 Å². The summed E-state index contributed by atoms with van der Waals surface area (Å²) in [5.74, 6) is 0.538. The minimum absolute atomic E-state index is 0.182. The Labute approximate surface area is 183 Å². The van der Waals surface area contributed by atoms with Crippen molar-refractivity contribution in [3.63, 3.8) is 0 Å². The van der Waals surface area contributed by atoms with Crippen LogP contribution in [0.3, 0.4) is 0 Å². The summed E-state index contributed by atoms with van der Waals surface area (Å²) in [6.45, 7) is 7.09. The van der Waals surface area contributed by atoms with E-state index in [0.29, 0.717) is 30.8 Å². The van der Waals surface area contributed by atoms with Crippen LogP contribution in [0.1, 0.15) is 23.0 Å². The lowest BCUT2D eigenvalue weighted by Gasteiger charge is -2.12. The van der Waals surface area contributed by atoms with Gasteiger partial charge in [0.05, 0.1) is 11.5 Å². The molecule has 0 saturated carbocycles. The molecule has 31 heavy (non-hydrogen) atoms. The number of fused-ring (bicyclic) bond motifs is 1. The highest BCUT2D eigenvalue weighted by Gasteiger charge is 2.20. The number of carbonyl (C=O) groups excluding carboxylic acids is 1. The molecule has 1 N–H and O–H groups in total. The quantitative estimate of drug-likeness (QED) is 0.516. The zero-order chi connectivity index (χ0) is 22.6. The molecule has 0 radical (unpaired) electrons. The van der Waals surface area contributed by atoms with Gasteiger partial charge in [-0.15, -0.1) is 6.58 Å². The van der Waals surface area contributed by atoms with E-state index in [9.17, 15) is 13.2 Å². The fraction of sp³-hybridized carbons (Fsp3) is 0.261. The van der Waals surface area contributed by atoms with Crippen molar-refractivity contribution in [1.29, 1.82) is 0 Å². The molecule has 0 atom stereocenters. The number of hydrogen-bond acceptors (Lipinski definition) is 4. The van der Waals surface area contributed by atoms with Crippen LogP contribution in [0, 0.1) is 0 Å². The summed E-state index contributed by atoms with van der Waals surface area (Å²) in [5.41, 5.74) is 2.16. The van der Waals surface area contributed by atoms with Crippen molar-refractivity contribution in [2.75, 3.05) is 20.7 Å². The third-order valence-electron chi connectivity index (χ3n) is 4.88. The number of amides is 1. The summed E-state index contributed by atoms with van der Waals surface area (Å²) in [4.78, 5) is 13.1. The van der Waals surface area contributed by atoms with Crippen LogP contribution in [-0.4, -0.2) is 43.9 Å². The van der Waals surface area contributed by atoms with Crippen molar-refractivity contribution in [2.24, 2.45) is 0 Å². The van der Waals surface area contributed by atoms with Crippen molar-refractivity contribution < 1.29 is 17.9 Å². The first-order chi connectivity index (χ1) is 14.8. The van der Waals surface area contributed by atoms with Gasteiger partial charge in [-0.3, -0.25) is 4.79 Å². The van der Waals surface area contributed by atoms with Crippen LogP contribution < -0.4 is 10.1 Å². The Morgan fingerprint density at radius 2 is 1.87 bits per heavy atom. The Morgan fingerprint density at radius 1 is 1.16 bits per heavy atom. The lowest BCUT2D eigenvalue weighted by Crippen LogP contribution is -2.25. The molecule has 2 aromatic carbocycles. The third-order valence-corrected chi connectivity index (χ3v) is 6.69. The van der Waals surface area contributed by atoms with Gasteiger partial charge < -0.3 is 14.6 Å². The number of rotatable bonds is 9. The highest BCUT2D eigenvalue weighted by atomic mass is 32.2. The summed E-state index contributed by atoms with van der Waals surface area (Å²) < 4.78 is 33.4. The van der Waals surface area contributed by atoms with Gasteiger partial charge in [-0.2, -0.15) is 0 Å². The lowest BCUT2D eigenvalue weighted by molar-refractivity contribution is 0.0942. The van der Waals surface area contributed by atoms with E-state index in [-0.39, 0.29) is 10.8 Å². The molecule has 3 aromatic rings. The molecule has 0 aliphatic rings. The van der Waals surface area contributed by atoms with Crippen molar-refractivity contribution >= 4 is 26.8 Å². The Bertz CT molecular complexity index is 1200. The Balaban J connectivity index is 1.88. The minimum atomic E-state index is -3.57. The van der Waals surface area contributed by atoms with Crippen molar-refractivity contribution in [3.05, 3.63) is 72.4 Å². The zero-order valence-electron chi connectivity index (χ0n) is 18.0. The van der Waals surface area contributed by atoms with Gasteiger partial charge in [-0.05, 0) is 48.9 Å². The predicted octanol–water partition coefficient (Wildman–Crippen LogP) is 3.41. The summed E-state index contributed by atoms with van der Waals surface area (Å²) in [6.07, 6.45) is 1.70. The molecule has 8 heteroatoms. The number of allylic oxidation sites excluding steroid dienone is 1. The van der Waals surface area contributed by atoms with E-state index in [1.54, 1.807) is 30.3 Å². The highest BCUT2D eigenvalue weighted by molar-refractivity contribution is 7.89. The molecule has 7 nitrogen and oxygen atoms in total. The number of nitrogens with one attached hydrogen (secondary N) is 1. The molecule has 3 rings (SSSR count). The monoisotopic (exact) mass is 441 g/mol. The first-order valence-corrected chi connectivity index (χ1v) is 11.4. The maximum Gasteiger partial charge on any atom is 0.268 e. The number of ether oxygens (including phenoxy) is 1. The minimum Gasteiger partial charge on any atom is -0.494 e. The van der Waals surface area contributed by atoms with Crippen molar-refractivity contribution in [3.8, 4) is 5.75 Å². The van der Waals surface area contributed by atoms with E-state index in [1.165, 1.54) is 18.4 Å². The molecule has 0 aliphatic heterocycles. The van der Waals surface area contributed by atoms with E-state index < -0.39 is 10.0 Å². The molecular formula is C23H27N3O4S. The Morgan fingerprint density at radius 3 is 2.48 bits per heavy atom. The number of hydrogen-bond donors (Lipinski definition) is 1. The molecule has 1 aromatic heterocycles. The van der Waals surface area contributed by atoms with E-state index >= 15 is 0 Å². The largest absolute Gasteiger partial charge is 0.494 e. The SMILES string of the molecule is C=CCn1c(C(=O)NCc2ccc(OCC)cc2)cc2cc(S(=O)(=O)N(C)C)ccc21. The lowest BCUT2D eigenvalue weighted by atomic mass is 10.2. The number of aromatic nitrogens is 1. The van der Waals surface area contributed by atoms with Gasteiger partial charge in [0.15, 0.2) is 0 Å². The summed E-state index contributed by atoms with van der Waals surface area (Å²) in [7, 11) is -0.589. The smallest absolute Gasteiger partial charge is 0.268 e. The van der Waals surface area contributed by atoms with E-state index in [0.717, 1.165) is 16.8 Å². The van der Waals surface area contributed by atoms with Gasteiger partial charge in [-0.1, -0.05) is 18.2 Å². The van der Waals surface area contributed by atoms with E-state index in [2.05, 4.69) is 11.9 Å². The van der Waals surface area contributed by atoms with Gasteiger partial charge in [0.25, 0.3) is 5.91 Å². The van der Waals surface area contributed by atoms with Crippen LogP contribution in [0.5, 0.6) is 5.75 Å². The van der Waals surface area contributed by atoms with Crippen molar-refractivity contribution in [2.45, 2.75) is 24.9 Å². The summed E-state index contributed by atoms with van der Waals surface area (Å²) in [5, 5.41) is 3.61. The number of benzene rings is 2. The average molecular weight is 442 g/mol. The fourth-order valence-corrected chi connectivity index (χ4v) is 4.21. The third kappa shape index (κ3) is 4.81. The average Bonchev–Trinajstić information content (AvgIpc) is 3.11. The molecule has 0 bridgehead atoms. The van der Waals surface area contributed by atoms with Gasteiger partial charge in [0, 0.05) is 38.1 Å². The van der Waals surface area contributed by atoms with Crippen LogP contribution in [0.15, 0.2) is 66.1 Å². The van der Waals surface area contributed by atoms with Crippen molar-refractivity contribution in [1.82, 2.24) is 14.2 Å². The molecule has 0 fully saturated rings. The summed E-state index contributed by atoms with van der Waals surface area (Å²) >= 11 is 0. The maximum atomic E-state index is 12.9. The number of sulfonamides is 1. The van der Waals surface area contributed by atoms with Crippen LogP contribution in [-0.2, 0) is 23.1 Å². The summed E-state index contributed by atoms with van der Waals surface area (Å²) in [6, 6.07) is 14.1. The van der Waals surface area contributed by atoms with Gasteiger partial charge >= 0.3 is 0 Å². The highest BCUT2D eigenvalue weighted by Crippen LogP contribution is 2.25. The number of carbonyl (C=O) groups is 1. The van der Waals surface area contributed by atoms with Gasteiger partial charge in [0.2, 0.25) is 10.0 Å². The molecule has 0 unspecified atom stereocenters. The second-order valence-corrected chi connectivity index (χ2v) is 9.35. The Kier molecular flexibility index (Phi) is 6.82. The molecule has 0 saturated heterocycles. The standard InChI is InChI=1S/C23H27N3O4S/c1-5-13-26-21-12-11-20(31(28,29)25(3)4)14-18(21)15-22(26)23(27)24-16-17-7-9-19(10-8-17)30-6-2/h5,7-12,14-15H,1,6,13,16H2,2-4H3,(H,24,27). The maximum absolute atomic E-state index is 12.9. The van der Waals surface area contributed by atoms with Crippen LogP contribution in [0.4, 0.5) is 0 Å². The molecule has 0 spiro atoms. The molecule has 0 aliphatic carbocycles. The molecular weight excluding hydrogens is 414 g/mol. The molecule has 164 valence electrons. The topological polar surface area (TPSA) is 80.6 Å². The molecule has 1 heterocycles. The normalized spacial score (nSPS) is 11.6. The Hall–Kier alpha value is -3.10. The first kappa shape index (κ1) is 22.6. The molecule has 1 amide bonds. The van der Waals surface area contributed by atoms with Crippen LogP contribution in [0.2, 0.25) is 0 Å². The predicted molar refractivity (Wildman–Crippen MR) is 122 cm³/mol. The first-order valence-electron chi connectivity index (χ1n) is 9.94. The fourth-order valence-electron chi connectivity index (χ4n) is 3.28. The van der Waals surface area contributed by atoms with Gasteiger partial charge in [0.1, 0.15) is 11.4 Å². The van der Waals surface area contributed by atoms with E-state index in [1.807, 2.05) is 35.8 Å². The van der Waals surface area contributed by atoms with Crippen LogP contribution in [0.25, 0.3) is 10.9 Å². The second-order valence-electron chi connectivity index (χ2n) is 7.20. The zero-order valence-corrected chi connectivity index (χ0v) is 18.8. The van der Waals surface area contributed by atoms with Crippen LogP contribution >= 0.6 is 0 Å². The second kappa shape index (κ2) is 9.36.